The van der Waals surface area contributed by atoms with Gasteiger partial charge in [0, 0.05) is 12.2 Å². The molecule has 92 valence electrons. The molecule has 0 spiro atoms. The van der Waals surface area contributed by atoms with E-state index in [1.54, 1.807) is 4.52 Å². The van der Waals surface area contributed by atoms with Crippen LogP contribution in [0, 0.1) is 12.8 Å². The number of nitrogens with zero attached hydrogens (tertiary/aromatic N) is 3. The van der Waals surface area contributed by atoms with E-state index in [0.717, 1.165) is 12.1 Å². The largest absolute Gasteiger partial charge is 0.350 e. The third-order valence-electron chi connectivity index (χ3n) is 3.35. The van der Waals surface area contributed by atoms with E-state index in [9.17, 15) is 0 Å². The van der Waals surface area contributed by atoms with Gasteiger partial charge in [0.15, 0.2) is 5.65 Å². The van der Waals surface area contributed by atoms with Crippen LogP contribution in [0.2, 0.25) is 0 Å². The standard InChI is InChI=1S/C13H20N4/c1-5-10(3)11(4)14-13-15-12-8-9(2)6-7-17(12)16-13/h6-8,10-11H,5H2,1-4H3,(H,14,16). The number of anilines is 1. The van der Waals surface area contributed by atoms with Gasteiger partial charge in [-0.3, -0.25) is 0 Å². The van der Waals surface area contributed by atoms with Crippen LogP contribution in [0.3, 0.4) is 0 Å². The zero-order valence-electron chi connectivity index (χ0n) is 10.9. The number of fused-ring (bicyclic) bond motifs is 1. The zero-order valence-corrected chi connectivity index (χ0v) is 10.9. The van der Waals surface area contributed by atoms with Crippen molar-refractivity contribution >= 4 is 11.6 Å². The van der Waals surface area contributed by atoms with Gasteiger partial charge in [-0.2, -0.15) is 4.98 Å². The molecule has 4 nitrogen and oxygen atoms in total. The number of aromatic nitrogens is 3. The summed E-state index contributed by atoms with van der Waals surface area (Å²) in [6.07, 6.45) is 3.09. The smallest absolute Gasteiger partial charge is 0.243 e. The molecule has 17 heavy (non-hydrogen) atoms. The maximum atomic E-state index is 4.47. The number of rotatable bonds is 4. The minimum atomic E-state index is 0.388. The molecule has 4 heteroatoms. The van der Waals surface area contributed by atoms with Crippen molar-refractivity contribution in [1.29, 1.82) is 0 Å². The molecule has 0 aromatic carbocycles. The quantitative estimate of drug-likeness (QED) is 0.881. The van der Waals surface area contributed by atoms with E-state index >= 15 is 0 Å². The van der Waals surface area contributed by atoms with Crippen LogP contribution in [0.4, 0.5) is 5.95 Å². The monoisotopic (exact) mass is 232 g/mol. The molecule has 1 N–H and O–H groups in total. The molecule has 2 heterocycles. The molecule has 2 aromatic heterocycles. The average molecular weight is 232 g/mol. The number of hydrogen-bond acceptors (Lipinski definition) is 3. The fourth-order valence-electron chi connectivity index (χ4n) is 1.74. The first-order valence-electron chi connectivity index (χ1n) is 6.19. The second-order valence-electron chi connectivity index (χ2n) is 4.76. The lowest BCUT2D eigenvalue weighted by molar-refractivity contribution is 0.492. The lowest BCUT2D eigenvalue weighted by Crippen LogP contribution is -2.23. The number of aryl methyl sites for hydroxylation is 1. The van der Waals surface area contributed by atoms with E-state index in [1.807, 2.05) is 18.3 Å². The van der Waals surface area contributed by atoms with E-state index in [4.69, 9.17) is 0 Å². The Bertz CT molecular complexity index is 503. The van der Waals surface area contributed by atoms with Crippen molar-refractivity contribution in [1.82, 2.24) is 14.6 Å². The molecule has 0 fully saturated rings. The third kappa shape index (κ3) is 2.57. The van der Waals surface area contributed by atoms with Crippen LogP contribution in [0.25, 0.3) is 5.65 Å². The fraction of sp³-hybridized carbons (Fsp3) is 0.538. The van der Waals surface area contributed by atoms with Crippen LogP contribution >= 0.6 is 0 Å². The Balaban J connectivity index is 2.19. The van der Waals surface area contributed by atoms with Crippen molar-refractivity contribution in [2.75, 3.05) is 5.32 Å². The van der Waals surface area contributed by atoms with Crippen LogP contribution < -0.4 is 5.32 Å². The van der Waals surface area contributed by atoms with Gasteiger partial charge in [0.1, 0.15) is 0 Å². The van der Waals surface area contributed by atoms with Gasteiger partial charge in [-0.05, 0) is 37.5 Å². The molecule has 0 bridgehead atoms. The molecule has 2 aromatic rings. The first-order chi connectivity index (χ1) is 8.10. The van der Waals surface area contributed by atoms with Gasteiger partial charge < -0.3 is 5.32 Å². The highest BCUT2D eigenvalue weighted by Gasteiger charge is 2.12. The predicted octanol–water partition coefficient (Wildman–Crippen LogP) is 2.88. The van der Waals surface area contributed by atoms with Gasteiger partial charge in [-0.15, -0.1) is 5.10 Å². The number of pyridine rings is 1. The van der Waals surface area contributed by atoms with Crippen molar-refractivity contribution in [3.63, 3.8) is 0 Å². The van der Waals surface area contributed by atoms with Gasteiger partial charge in [-0.25, -0.2) is 4.52 Å². The van der Waals surface area contributed by atoms with Crippen molar-refractivity contribution in [2.24, 2.45) is 5.92 Å². The van der Waals surface area contributed by atoms with E-state index in [-0.39, 0.29) is 0 Å². The highest BCUT2D eigenvalue weighted by atomic mass is 15.3. The molecule has 0 radical (unpaired) electrons. The Morgan fingerprint density at radius 3 is 2.88 bits per heavy atom. The molecule has 0 aliphatic heterocycles. The van der Waals surface area contributed by atoms with Crippen LogP contribution in [0.5, 0.6) is 0 Å². The van der Waals surface area contributed by atoms with Gasteiger partial charge in [-0.1, -0.05) is 20.3 Å². The Morgan fingerprint density at radius 1 is 1.41 bits per heavy atom. The lowest BCUT2D eigenvalue weighted by Gasteiger charge is -2.18. The van der Waals surface area contributed by atoms with Crippen molar-refractivity contribution in [3.05, 3.63) is 23.9 Å². The van der Waals surface area contributed by atoms with Crippen LogP contribution in [0.1, 0.15) is 32.8 Å². The molecule has 2 rings (SSSR count). The van der Waals surface area contributed by atoms with Crippen molar-refractivity contribution in [2.45, 2.75) is 40.2 Å². The normalized spacial score (nSPS) is 14.8. The maximum Gasteiger partial charge on any atom is 0.243 e. The summed E-state index contributed by atoms with van der Waals surface area (Å²) >= 11 is 0. The number of nitrogens with one attached hydrogen (secondary N) is 1. The van der Waals surface area contributed by atoms with E-state index in [1.165, 1.54) is 5.56 Å². The summed E-state index contributed by atoms with van der Waals surface area (Å²) in [6, 6.07) is 4.45. The SMILES string of the molecule is CCC(C)C(C)Nc1nc2cc(C)ccn2n1. The molecule has 0 saturated heterocycles. The predicted molar refractivity (Wildman–Crippen MR) is 70.3 cm³/mol. The second-order valence-corrected chi connectivity index (χ2v) is 4.76. The molecule has 0 saturated carbocycles. The van der Waals surface area contributed by atoms with E-state index in [0.29, 0.717) is 17.9 Å². The van der Waals surface area contributed by atoms with Gasteiger partial charge in [0.25, 0.3) is 0 Å². The summed E-state index contributed by atoms with van der Waals surface area (Å²) in [7, 11) is 0. The van der Waals surface area contributed by atoms with Crippen molar-refractivity contribution in [3.8, 4) is 0 Å². The molecule has 2 unspecified atom stereocenters. The van der Waals surface area contributed by atoms with Gasteiger partial charge in [0.2, 0.25) is 5.95 Å². The lowest BCUT2D eigenvalue weighted by atomic mass is 10.0. The molecule has 0 amide bonds. The number of hydrogen-bond donors (Lipinski definition) is 1. The van der Waals surface area contributed by atoms with E-state index < -0.39 is 0 Å². The van der Waals surface area contributed by atoms with Gasteiger partial charge in [0.05, 0.1) is 0 Å². The Labute approximate surface area is 102 Å². The summed E-state index contributed by atoms with van der Waals surface area (Å²) in [4.78, 5) is 4.47. The topological polar surface area (TPSA) is 42.2 Å². The molecular formula is C13H20N4. The fourth-order valence-corrected chi connectivity index (χ4v) is 1.74. The van der Waals surface area contributed by atoms with E-state index in [2.05, 4.69) is 43.1 Å². The zero-order chi connectivity index (χ0) is 12.4. The molecule has 0 aliphatic carbocycles. The first kappa shape index (κ1) is 11.9. The Morgan fingerprint density at radius 2 is 2.18 bits per heavy atom. The summed E-state index contributed by atoms with van der Waals surface area (Å²) < 4.78 is 1.80. The summed E-state index contributed by atoms with van der Waals surface area (Å²) in [6.45, 7) is 8.66. The molecule has 2 atom stereocenters. The highest BCUT2D eigenvalue weighted by molar-refractivity contribution is 5.45. The average Bonchev–Trinajstić information content (AvgIpc) is 2.69. The molecule has 0 aliphatic rings. The summed E-state index contributed by atoms with van der Waals surface area (Å²) in [5.41, 5.74) is 2.09. The first-order valence-corrected chi connectivity index (χ1v) is 6.19. The molecular weight excluding hydrogens is 212 g/mol. The minimum absolute atomic E-state index is 0.388. The second kappa shape index (κ2) is 4.73. The van der Waals surface area contributed by atoms with Crippen LogP contribution in [-0.4, -0.2) is 20.6 Å². The highest BCUT2D eigenvalue weighted by Crippen LogP contribution is 2.13. The Hall–Kier alpha value is -1.58. The third-order valence-corrected chi connectivity index (χ3v) is 3.35. The van der Waals surface area contributed by atoms with Crippen LogP contribution in [-0.2, 0) is 0 Å². The summed E-state index contributed by atoms with van der Waals surface area (Å²) in [5, 5.41) is 7.76. The summed E-state index contributed by atoms with van der Waals surface area (Å²) in [5.74, 6) is 1.33. The Kier molecular flexibility index (Phi) is 3.31. The van der Waals surface area contributed by atoms with Crippen LogP contribution in [0.15, 0.2) is 18.3 Å². The van der Waals surface area contributed by atoms with Gasteiger partial charge >= 0.3 is 0 Å². The maximum absolute atomic E-state index is 4.47. The van der Waals surface area contributed by atoms with Crippen molar-refractivity contribution < 1.29 is 0 Å². The minimum Gasteiger partial charge on any atom is -0.350 e.